The monoisotopic (exact) mass is 255 g/mol. The highest BCUT2D eigenvalue weighted by Gasteiger charge is 2.11. The quantitative estimate of drug-likeness (QED) is 0.526. The molecule has 1 unspecified atom stereocenters. The first-order chi connectivity index (χ1) is 4.20. The third-order valence-corrected chi connectivity index (χ3v) is 4.02. The fraction of sp³-hybridized carbons (Fsp3) is 0.667. The molecular weight excluding hydrogens is 245 g/mol. The van der Waals surface area contributed by atoms with Crippen LogP contribution in [0.25, 0.3) is 0 Å². The van der Waals surface area contributed by atoms with Crippen LogP contribution < -0.4 is 5.32 Å². The summed E-state index contributed by atoms with van der Waals surface area (Å²) >= 11 is 4.29. The van der Waals surface area contributed by atoms with Crippen molar-refractivity contribution in [2.45, 2.75) is 19.9 Å². The molecule has 0 aromatic rings. The lowest BCUT2D eigenvalue weighted by molar-refractivity contribution is 0.700. The number of halogens is 1. The van der Waals surface area contributed by atoms with Crippen LogP contribution >= 0.6 is 34.4 Å². The van der Waals surface area contributed by atoms with Gasteiger partial charge in [-0.15, -0.1) is 11.8 Å². The molecule has 0 amide bonds. The lowest BCUT2D eigenvalue weighted by atomic mass is 10.4. The molecule has 1 atom stereocenters. The predicted octanol–water partition coefficient (Wildman–Crippen LogP) is 2.34. The van der Waals surface area contributed by atoms with Crippen molar-refractivity contribution in [3.05, 3.63) is 8.61 Å². The van der Waals surface area contributed by atoms with E-state index in [4.69, 9.17) is 0 Å². The largest absolute Gasteiger partial charge is 0.376 e. The van der Waals surface area contributed by atoms with Crippen LogP contribution in [0.4, 0.5) is 0 Å². The molecule has 0 saturated carbocycles. The second-order valence-corrected chi connectivity index (χ2v) is 4.54. The van der Waals surface area contributed by atoms with Crippen LogP contribution in [0.5, 0.6) is 0 Å². The first kappa shape index (κ1) is 7.72. The van der Waals surface area contributed by atoms with E-state index in [2.05, 4.69) is 41.8 Å². The molecule has 0 fully saturated rings. The molecule has 1 aliphatic heterocycles. The minimum atomic E-state index is 0.644. The molecule has 3 heteroatoms. The molecule has 0 aliphatic carbocycles. The Kier molecular flexibility index (Phi) is 2.70. The fourth-order valence-electron chi connectivity index (χ4n) is 0.673. The lowest BCUT2D eigenvalue weighted by Gasteiger charge is -2.21. The maximum atomic E-state index is 3.37. The van der Waals surface area contributed by atoms with Gasteiger partial charge in [-0.25, -0.2) is 0 Å². The van der Waals surface area contributed by atoms with Crippen molar-refractivity contribution in [2.24, 2.45) is 0 Å². The maximum Gasteiger partial charge on any atom is 0.0827 e. The first-order valence-corrected chi connectivity index (χ1v) is 5.02. The third-order valence-electron chi connectivity index (χ3n) is 1.23. The molecule has 0 radical (unpaired) electrons. The number of rotatable bonds is 0. The molecule has 1 nitrogen and oxygen atoms in total. The zero-order valence-corrected chi connectivity index (χ0v) is 8.54. The molecule has 0 spiro atoms. The van der Waals surface area contributed by atoms with Crippen LogP contribution in [-0.4, -0.2) is 11.8 Å². The molecule has 1 rings (SSSR count). The van der Waals surface area contributed by atoms with Crippen LogP contribution in [0.2, 0.25) is 0 Å². The van der Waals surface area contributed by atoms with E-state index in [1.807, 2.05) is 11.8 Å². The summed E-state index contributed by atoms with van der Waals surface area (Å²) in [4.78, 5) is 1.42. The molecule has 0 aromatic heterocycles. The molecule has 0 saturated heterocycles. The second-order valence-electron chi connectivity index (χ2n) is 2.23. The number of allylic oxidation sites excluding steroid dienone is 1. The van der Waals surface area contributed by atoms with Gasteiger partial charge < -0.3 is 5.32 Å². The van der Waals surface area contributed by atoms with Gasteiger partial charge in [-0.3, -0.25) is 0 Å². The van der Waals surface area contributed by atoms with E-state index in [0.29, 0.717) is 6.04 Å². The van der Waals surface area contributed by atoms with Gasteiger partial charge in [-0.1, -0.05) is 0 Å². The van der Waals surface area contributed by atoms with E-state index in [1.165, 1.54) is 14.4 Å². The highest BCUT2D eigenvalue weighted by atomic mass is 127. The zero-order valence-electron chi connectivity index (χ0n) is 5.57. The topological polar surface area (TPSA) is 12.0 Å². The fourth-order valence-corrected chi connectivity index (χ4v) is 2.44. The Morgan fingerprint density at radius 3 is 2.89 bits per heavy atom. The first-order valence-electron chi connectivity index (χ1n) is 2.96. The van der Waals surface area contributed by atoms with Gasteiger partial charge in [0.2, 0.25) is 0 Å². The maximum absolute atomic E-state index is 3.37. The van der Waals surface area contributed by atoms with Gasteiger partial charge in [0.1, 0.15) is 0 Å². The summed E-state index contributed by atoms with van der Waals surface area (Å²) < 4.78 is 1.32. The Hall–Kier alpha value is 0.620. The van der Waals surface area contributed by atoms with E-state index in [9.17, 15) is 0 Å². The van der Waals surface area contributed by atoms with Gasteiger partial charge in [-0.2, -0.15) is 0 Å². The van der Waals surface area contributed by atoms with Gasteiger partial charge in [0.15, 0.2) is 0 Å². The van der Waals surface area contributed by atoms with Crippen LogP contribution in [0, 0.1) is 0 Å². The second kappa shape index (κ2) is 3.14. The summed E-state index contributed by atoms with van der Waals surface area (Å²) in [5.74, 6) is 1.21. The number of thioether (sulfide) groups is 1. The number of nitrogens with one attached hydrogen (secondary N) is 1. The van der Waals surface area contributed by atoms with Gasteiger partial charge in [0.05, 0.1) is 3.70 Å². The van der Waals surface area contributed by atoms with Crippen LogP contribution in [0.3, 0.4) is 0 Å². The Balaban J connectivity index is 2.61. The normalized spacial score (nSPS) is 28.1. The van der Waals surface area contributed by atoms with Crippen molar-refractivity contribution in [1.29, 1.82) is 0 Å². The molecule has 52 valence electrons. The van der Waals surface area contributed by atoms with Crippen molar-refractivity contribution in [1.82, 2.24) is 5.32 Å². The average molecular weight is 255 g/mol. The van der Waals surface area contributed by atoms with Crippen molar-refractivity contribution < 1.29 is 0 Å². The molecule has 1 heterocycles. The van der Waals surface area contributed by atoms with Gasteiger partial charge in [0.25, 0.3) is 0 Å². The summed E-state index contributed by atoms with van der Waals surface area (Å²) in [6.07, 6.45) is 0. The van der Waals surface area contributed by atoms with Crippen molar-refractivity contribution >= 4 is 34.4 Å². The Morgan fingerprint density at radius 2 is 2.44 bits per heavy atom. The van der Waals surface area contributed by atoms with Crippen LogP contribution in [0.15, 0.2) is 8.61 Å². The van der Waals surface area contributed by atoms with Crippen molar-refractivity contribution in [2.75, 3.05) is 5.75 Å². The lowest BCUT2D eigenvalue weighted by Crippen LogP contribution is -2.28. The van der Waals surface area contributed by atoms with Crippen LogP contribution in [0.1, 0.15) is 13.8 Å². The van der Waals surface area contributed by atoms with Gasteiger partial charge >= 0.3 is 0 Å². The van der Waals surface area contributed by atoms with E-state index < -0.39 is 0 Å². The standard InChI is InChI=1S/C6H10INS/c1-4-3-9-5(2)6(7)8-4/h4,8H,3H2,1-2H3. The molecule has 0 bridgehead atoms. The molecule has 9 heavy (non-hydrogen) atoms. The Morgan fingerprint density at radius 1 is 1.78 bits per heavy atom. The SMILES string of the molecule is CC1=C(I)NC(C)CS1. The number of hydrogen-bond donors (Lipinski definition) is 1. The van der Waals surface area contributed by atoms with E-state index in [-0.39, 0.29) is 0 Å². The molecule has 1 aliphatic rings. The summed E-state index contributed by atoms with van der Waals surface area (Å²) in [7, 11) is 0. The number of hydrogen-bond acceptors (Lipinski definition) is 2. The van der Waals surface area contributed by atoms with Crippen LogP contribution in [-0.2, 0) is 0 Å². The Labute approximate surface area is 73.8 Å². The summed E-state index contributed by atoms with van der Waals surface area (Å²) in [5, 5.41) is 3.37. The zero-order chi connectivity index (χ0) is 6.85. The van der Waals surface area contributed by atoms with Gasteiger partial charge in [-0.05, 0) is 36.4 Å². The minimum absolute atomic E-state index is 0.644. The highest BCUT2D eigenvalue weighted by Crippen LogP contribution is 2.26. The van der Waals surface area contributed by atoms with E-state index in [1.54, 1.807) is 0 Å². The molecular formula is C6H10INS. The van der Waals surface area contributed by atoms with Gasteiger partial charge in [0, 0.05) is 16.7 Å². The van der Waals surface area contributed by atoms with E-state index >= 15 is 0 Å². The Bertz CT molecular complexity index is 144. The highest BCUT2D eigenvalue weighted by molar-refractivity contribution is 14.1. The third kappa shape index (κ3) is 2.04. The predicted molar refractivity (Wildman–Crippen MR) is 51.8 cm³/mol. The van der Waals surface area contributed by atoms with Crippen molar-refractivity contribution in [3.63, 3.8) is 0 Å². The summed E-state index contributed by atoms with van der Waals surface area (Å²) in [6.45, 7) is 4.36. The molecule has 1 N–H and O–H groups in total. The smallest absolute Gasteiger partial charge is 0.0827 e. The molecule has 0 aromatic carbocycles. The average Bonchev–Trinajstić information content (AvgIpc) is 1.80. The van der Waals surface area contributed by atoms with Crippen molar-refractivity contribution in [3.8, 4) is 0 Å². The summed E-state index contributed by atoms with van der Waals surface area (Å²) in [5.41, 5.74) is 0. The van der Waals surface area contributed by atoms with E-state index in [0.717, 1.165) is 0 Å². The minimum Gasteiger partial charge on any atom is -0.376 e. The summed E-state index contributed by atoms with van der Waals surface area (Å²) in [6, 6.07) is 0.644.